The van der Waals surface area contributed by atoms with Gasteiger partial charge in [-0.25, -0.2) is 0 Å². The molecule has 0 aliphatic heterocycles. The molecule has 0 aliphatic rings. The lowest BCUT2D eigenvalue weighted by atomic mass is 9.93. The summed E-state index contributed by atoms with van der Waals surface area (Å²) >= 11 is 5.86. The van der Waals surface area contributed by atoms with Crippen molar-refractivity contribution in [2.75, 3.05) is 12.4 Å². The molecule has 2 aromatic rings. The molecule has 2 aromatic carbocycles. The molecule has 0 amide bonds. The standard InChI is InChI=1S/C26H34ClN/c1-4-11-24(12-5-2)26(25-18-16-22(17-19-25)15-10-20-27)28(6-3)21-23-13-8-7-9-14-23/h4,7-9,11-14,16-19,26H,5-6,10,15,20-21H2,1-3H3. The summed E-state index contributed by atoms with van der Waals surface area (Å²) in [6.45, 7) is 8.50. The van der Waals surface area contributed by atoms with Gasteiger partial charge < -0.3 is 0 Å². The van der Waals surface area contributed by atoms with Gasteiger partial charge in [0.05, 0.1) is 6.04 Å². The molecule has 0 spiro atoms. The number of hydrogen-bond acceptors (Lipinski definition) is 1. The van der Waals surface area contributed by atoms with Gasteiger partial charge in [0.25, 0.3) is 0 Å². The predicted molar refractivity (Wildman–Crippen MR) is 124 cm³/mol. The van der Waals surface area contributed by atoms with Gasteiger partial charge in [-0.2, -0.15) is 0 Å². The molecule has 150 valence electrons. The topological polar surface area (TPSA) is 3.24 Å². The zero-order valence-electron chi connectivity index (χ0n) is 17.6. The van der Waals surface area contributed by atoms with Crippen LogP contribution in [0.2, 0.25) is 0 Å². The Morgan fingerprint density at radius 1 is 1.00 bits per heavy atom. The van der Waals surface area contributed by atoms with Crippen molar-refractivity contribution < 1.29 is 0 Å². The van der Waals surface area contributed by atoms with Gasteiger partial charge in [0.15, 0.2) is 0 Å². The van der Waals surface area contributed by atoms with E-state index in [1.54, 1.807) is 0 Å². The number of allylic oxidation sites excluding steroid dienone is 2. The van der Waals surface area contributed by atoms with E-state index in [-0.39, 0.29) is 6.04 Å². The smallest absolute Gasteiger partial charge is 0.0601 e. The molecule has 0 aliphatic carbocycles. The van der Waals surface area contributed by atoms with Crippen LogP contribution in [0, 0.1) is 0 Å². The van der Waals surface area contributed by atoms with Crippen molar-refractivity contribution in [2.45, 2.75) is 52.6 Å². The fourth-order valence-corrected chi connectivity index (χ4v) is 3.79. The predicted octanol–water partition coefficient (Wildman–Crippen LogP) is 7.33. The highest BCUT2D eigenvalue weighted by molar-refractivity contribution is 6.17. The minimum Gasteiger partial charge on any atom is -0.288 e. The summed E-state index contributed by atoms with van der Waals surface area (Å²) in [7, 11) is 0. The van der Waals surface area contributed by atoms with E-state index in [9.17, 15) is 0 Å². The van der Waals surface area contributed by atoms with Crippen LogP contribution in [0.1, 0.15) is 56.3 Å². The monoisotopic (exact) mass is 395 g/mol. The number of halogens is 1. The molecule has 1 unspecified atom stereocenters. The molecule has 1 atom stereocenters. The average Bonchev–Trinajstić information content (AvgIpc) is 2.73. The van der Waals surface area contributed by atoms with Crippen molar-refractivity contribution in [2.24, 2.45) is 0 Å². The molecule has 0 bridgehead atoms. The molecule has 0 heterocycles. The Hall–Kier alpha value is -1.83. The minimum atomic E-state index is 0.253. The highest BCUT2D eigenvalue weighted by atomic mass is 35.5. The second-order valence-corrected chi connectivity index (χ2v) is 7.48. The number of likely N-dealkylation sites (N-methyl/N-ethyl adjacent to an activating group) is 1. The van der Waals surface area contributed by atoms with Crippen LogP contribution in [0.5, 0.6) is 0 Å². The lowest BCUT2D eigenvalue weighted by Gasteiger charge is -2.32. The summed E-state index contributed by atoms with van der Waals surface area (Å²) in [5.41, 5.74) is 5.44. The van der Waals surface area contributed by atoms with Gasteiger partial charge >= 0.3 is 0 Å². The molecule has 28 heavy (non-hydrogen) atoms. The number of benzene rings is 2. The lowest BCUT2D eigenvalue weighted by molar-refractivity contribution is 0.227. The molecular formula is C26H34ClN. The first-order chi connectivity index (χ1) is 13.7. The maximum Gasteiger partial charge on any atom is 0.0601 e. The van der Waals surface area contributed by atoms with Crippen LogP contribution < -0.4 is 0 Å². The summed E-state index contributed by atoms with van der Waals surface area (Å²) < 4.78 is 0. The second kappa shape index (κ2) is 12.6. The van der Waals surface area contributed by atoms with E-state index in [1.165, 1.54) is 22.3 Å². The maximum absolute atomic E-state index is 5.86. The van der Waals surface area contributed by atoms with Crippen LogP contribution in [0.3, 0.4) is 0 Å². The molecule has 0 saturated heterocycles. The van der Waals surface area contributed by atoms with Gasteiger partial charge in [0.2, 0.25) is 0 Å². The van der Waals surface area contributed by atoms with Crippen LogP contribution in [0.4, 0.5) is 0 Å². The summed E-state index contributed by atoms with van der Waals surface area (Å²) in [5.74, 6) is 0.718. The molecular weight excluding hydrogens is 362 g/mol. The first-order valence-corrected chi connectivity index (χ1v) is 11.0. The van der Waals surface area contributed by atoms with E-state index in [4.69, 9.17) is 11.6 Å². The van der Waals surface area contributed by atoms with Gasteiger partial charge in [0, 0.05) is 12.4 Å². The van der Waals surface area contributed by atoms with Crippen LogP contribution in [0.15, 0.2) is 78.4 Å². The normalized spacial score (nSPS) is 13.4. The third kappa shape index (κ3) is 6.65. The largest absolute Gasteiger partial charge is 0.288 e. The lowest BCUT2D eigenvalue weighted by Crippen LogP contribution is -2.29. The van der Waals surface area contributed by atoms with Gasteiger partial charge in [0.1, 0.15) is 0 Å². The van der Waals surface area contributed by atoms with Crippen molar-refractivity contribution in [3.05, 3.63) is 95.1 Å². The third-order valence-corrected chi connectivity index (χ3v) is 5.28. The number of alkyl halides is 1. The van der Waals surface area contributed by atoms with Crippen LogP contribution in [-0.2, 0) is 13.0 Å². The highest BCUT2D eigenvalue weighted by Gasteiger charge is 2.22. The number of hydrogen-bond donors (Lipinski definition) is 0. The molecule has 2 rings (SSSR count). The van der Waals surface area contributed by atoms with Gasteiger partial charge in [-0.3, -0.25) is 4.90 Å². The van der Waals surface area contributed by atoms with Crippen molar-refractivity contribution in [1.82, 2.24) is 4.90 Å². The maximum atomic E-state index is 5.86. The van der Waals surface area contributed by atoms with Crippen LogP contribution in [0.25, 0.3) is 0 Å². The van der Waals surface area contributed by atoms with Gasteiger partial charge in [-0.15, -0.1) is 11.6 Å². The Morgan fingerprint density at radius 2 is 1.71 bits per heavy atom. The van der Waals surface area contributed by atoms with Crippen molar-refractivity contribution in [1.29, 1.82) is 0 Å². The first-order valence-electron chi connectivity index (χ1n) is 10.5. The van der Waals surface area contributed by atoms with Crippen molar-refractivity contribution in [3.8, 4) is 0 Å². The summed E-state index contributed by atoms with van der Waals surface area (Å²) in [6, 6.07) is 20.2. The Bertz CT molecular complexity index is 731. The highest BCUT2D eigenvalue weighted by Crippen LogP contribution is 2.31. The SMILES string of the molecule is CC=CC(=CCC)C(c1ccc(CCCCl)cc1)N(CC)Cc1ccccc1. The molecule has 0 aromatic heterocycles. The molecule has 1 nitrogen and oxygen atoms in total. The first kappa shape index (κ1) is 22.5. The van der Waals surface area contributed by atoms with E-state index in [0.29, 0.717) is 0 Å². The molecule has 2 heteroatoms. The number of rotatable bonds is 11. The fourth-order valence-electron chi connectivity index (χ4n) is 3.65. The third-order valence-electron chi connectivity index (χ3n) is 5.01. The van der Waals surface area contributed by atoms with E-state index in [1.807, 2.05) is 0 Å². The second-order valence-electron chi connectivity index (χ2n) is 7.10. The van der Waals surface area contributed by atoms with E-state index in [0.717, 1.165) is 38.2 Å². The van der Waals surface area contributed by atoms with E-state index in [2.05, 4.69) is 98.5 Å². The van der Waals surface area contributed by atoms with Gasteiger partial charge in [-0.1, -0.05) is 86.7 Å². The number of nitrogens with zero attached hydrogens (tertiary/aromatic N) is 1. The van der Waals surface area contributed by atoms with Crippen LogP contribution in [-0.4, -0.2) is 17.3 Å². The van der Waals surface area contributed by atoms with Crippen molar-refractivity contribution in [3.63, 3.8) is 0 Å². The molecule has 0 saturated carbocycles. The zero-order valence-corrected chi connectivity index (χ0v) is 18.3. The van der Waals surface area contributed by atoms with E-state index >= 15 is 0 Å². The van der Waals surface area contributed by atoms with Crippen LogP contribution >= 0.6 is 11.6 Å². The summed E-state index contributed by atoms with van der Waals surface area (Å²) in [6.07, 6.45) is 9.89. The molecule has 0 radical (unpaired) electrons. The Labute approximate surface area is 176 Å². The van der Waals surface area contributed by atoms with E-state index < -0.39 is 0 Å². The Morgan fingerprint density at radius 3 is 2.29 bits per heavy atom. The molecule has 0 fully saturated rings. The van der Waals surface area contributed by atoms with Gasteiger partial charge in [-0.05, 0) is 55.0 Å². The van der Waals surface area contributed by atoms with Crippen molar-refractivity contribution >= 4 is 11.6 Å². The summed E-state index contributed by atoms with van der Waals surface area (Å²) in [5, 5.41) is 0. The quantitative estimate of drug-likeness (QED) is 0.284. The fraction of sp³-hybridized carbons (Fsp3) is 0.385. The number of aryl methyl sites for hydroxylation is 1. The molecule has 0 N–H and O–H groups in total. The average molecular weight is 396 g/mol. The Balaban J connectivity index is 2.38. The minimum absolute atomic E-state index is 0.253. The zero-order chi connectivity index (χ0) is 20.2. The Kier molecular flexibility index (Phi) is 10.1. The summed E-state index contributed by atoms with van der Waals surface area (Å²) in [4.78, 5) is 2.56.